The fourth-order valence-corrected chi connectivity index (χ4v) is 3.54. The smallest absolute Gasteiger partial charge is 0.254 e. The van der Waals surface area contributed by atoms with E-state index < -0.39 is 5.91 Å². The van der Waals surface area contributed by atoms with Crippen LogP contribution in [0, 0.1) is 20.8 Å². The Hall–Kier alpha value is -2.74. The van der Waals surface area contributed by atoms with Gasteiger partial charge in [0.1, 0.15) is 5.56 Å². The van der Waals surface area contributed by atoms with Gasteiger partial charge in [-0.25, -0.2) is 9.50 Å². The largest absolute Gasteiger partial charge is 0.365 e. The van der Waals surface area contributed by atoms with Crippen LogP contribution in [0.2, 0.25) is 0 Å². The van der Waals surface area contributed by atoms with Crippen molar-refractivity contribution in [2.75, 3.05) is 5.32 Å². The number of halogens is 1. The van der Waals surface area contributed by atoms with Crippen LogP contribution in [0.25, 0.3) is 5.65 Å². The number of amides is 2. The van der Waals surface area contributed by atoms with E-state index in [1.165, 1.54) is 6.20 Å². The summed E-state index contributed by atoms with van der Waals surface area (Å²) in [7, 11) is 0. The van der Waals surface area contributed by atoms with Crippen molar-refractivity contribution in [2.24, 2.45) is 5.73 Å². The number of primary amides is 1. The Kier molecular flexibility index (Phi) is 5.27. The number of hydrogen-bond acceptors (Lipinski definition) is 4. The first-order chi connectivity index (χ1) is 12.8. The first kappa shape index (κ1) is 19.0. The highest BCUT2D eigenvalue weighted by Gasteiger charge is 2.17. The zero-order valence-corrected chi connectivity index (χ0v) is 16.9. The summed E-state index contributed by atoms with van der Waals surface area (Å²) >= 11 is 3.41. The highest BCUT2D eigenvalue weighted by atomic mass is 79.9. The molecular formula is C19H20BrN5O2. The number of aryl methyl sites for hydroxylation is 3. The number of benzene rings is 1. The number of carbonyl (C=O) groups is 2. The number of aromatic nitrogens is 3. The lowest BCUT2D eigenvalue weighted by Gasteiger charge is -2.12. The van der Waals surface area contributed by atoms with E-state index in [4.69, 9.17) is 5.73 Å². The Morgan fingerprint density at radius 1 is 1.26 bits per heavy atom. The van der Waals surface area contributed by atoms with E-state index in [1.54, 1.807) is 4.52 Å². The maximum absolute atomic E-state index is 12.4. The van der Waals surface area contributed by atoms with Gasteiger partial charge in [-0.3, -0.25) is 9.59 Å². The Labute approximate surface area is 165 Å². The average Bonchev–Trinajstić information content (AvgIpc) is 3.01. The lowest BCUT2D eigenvalue weighted by molar-refractivity contribution is -0.116. The van der Waals surface area contributed by atoms with Gasteiger partial charge in [0.05, 0.1) is 6.20 Å². The second-order valence-electron chi connectivity index (χ2n) is 6.43. The van der Waals surface area contributed by atoms with Gasteiger partial charge in [0.15, 0.2) is 5.65 Å². The van der Waals surface area contributed by atoms with Crippen molar-refractivity contribution in [1.82, 2.24) is 14.6 Å². The molecule has 0 fully saturated rings. The lowest BCUT2D eigenvalue weighted by atomic mass is 10.1. The molecule has 8 heteroatoms. The molecule has 0 aliphatic heterocycles. The highest BCUT2D eigenvalue weighted by Crippen LogP contribution is 2.21. The van der Waals surface area contributed by atoms with Crippen molar-refractivity contribution >= 4 is 39.1 Å². The van der Waals surface area contributed by atoms with Gasteiger partial charge in [-0.05, 0) is 56.5 Å². The van der Waals surface area contributed by atoms with Gasteiger partial charge in [-0.15, -0.1) is 0 Å². The first-order valence-electron chi connectivity index (χ1n) is 8.47. The number of nitrogens with zero attached hydrogens (tertiary/aromatic N) is 3. The van der Waals surface area contributed by atoms with E-state index in [2.05, 4.69) is 31.3 Å². The van der Waals surface area contributed by atoms with Crippen LogP contribution in [0.1, 0.15) is 39.3 Å². The maximum Gasteiger partial charge on any atom is 0.254 e. The zero-order chi connectivity index (χ0) is 19.7. The molecule has 1 aromatic carbocycles. The van der Waals surface area contributed by atoms with Gasteiger partial charge in [-0.2, -0.15) is 5.10 Å². The SMILES string of the molecule is Cc1cc(Br)ccc1NC(=O)CCc1c(C)nc2c(C(N)=O)cnn2c1C. The molecule has 0 spiro atoms. The summed E-state index contributed by atoms with van der Waals surface area (Å²) in [6.45, 7) is 5.70. The molecule has 0 saturated carbocycles. The summed E-state index contributed by atoms with van der Waals surface area (Å²) in [5.41, 5.74) is 10.4. The van der Waals surface area contributed by atoms with Crippen molar-refractivity contribution in [3.05, 3.63) is 56.9 Å². The number of rotatable bonds is 5. The van der Waals surface area contributed by atoms with Gasteiger partial charge < -0.3 is 11.1 Å². The third-order valence-corrected chi connectivity index (χ3v) is 5.03. The minimum Gasteiger partial charge on any atom is -0.365 e. The number of fused-ring (bicyclic) bond motifs is 1. The van der Waals surface area contributed by atoms with Crippen LogP contribution in [0.5, 0.6) is 0 Å². The van der Waals surface area contributed by atoms with E-state index in [-0.39, 0.29) is 11.5 Å². The summed E-state index contributed by atoms with van der Waals surface area (Å²) in [5.74, 6) is -0.633. The Morgan fingerprint density at radius 2 is 2.00 bits per heavy atom. The monoisotopic (exact) mass is 429 g/mol. The molecule has 27 heavy (non-hydrogen) atoms. The molecule has 0 atom stereocenters. The number of nitrogens with two attached hydrogens (primary N) is 1. The summed E-state index contributed by atoms with van der Waals surface area (Å²) in [6.07, 6.45) is 2.26. The third-order valence-electron chi connectivity index (χ3n) is 4.54. The number of nitrogens with one attached hydrogen (secondary N) is 1. The van der Waals surface area contributed by atoms with E-state index in [1.807, 2.05) is 39.0 Å². The highest BCUT2D eigenvalue weighted by molar-refractivity contribution is 9.10. The van der Waals surface area contributed by atoms with Crippen LogP contribution in [0.4, 0.5) is 5.69 Å². The van der Waals surface area contributed by atoms with E-state index in [0.29, 0.717) is 18.5 Å². The first-order valence-corrected chi connectivity index (χ1v) is 9.27. The maximum atomic E-state index is 12.4. The molecule has 3 N–H and O–H groups in total. The van der Waals surface area contributed by atoms with Crippen LogP contribution in [-0.2, 0) is 11.2 Å². The predicted octanol–water partition coefficient (Wildman–Crippen LogP) is 3.09. The third kappa shape index (κ3) is 3.85. The molecule has 0 aliphatic carbocycles. The lowest BCUT2D eigenvalue weighted by Crippen LogP contribution is -2.15. The fourth-order valence-electron chi connectivity index (χ4n) is 3.07. The summed E-state index contributed by atoms with van der Waals surface area (Å²) in [6, 6.07) is 5.72. The van der Waals surface area contributed by atoms with Gasteiger partial charge in [0.25, 0.3) is 5.91 Å². The molecule has 0 aliphatic rings. The second kappa shape index (κ2) is 7.48. The number of hydrogen-bond donors (Lipinski definition) is 2. The van der Waals surface area contributed by atoms with Crippen LogP contribution in [-0.4, -0.2) is 26.4 Å². The van der Waals surface area contributed by atoms with E-state index >= 15 is 0 Å². The second-order valence-corrected chi connectivity index (χ2v) is 7.34. The van der Waals surface area contributed by atoms with Crippen molar-refractivity contribution in [2.45, 2.75) is 33.6 Å². The molecule has 2 amide bonds. The van der Waals surface area contributed by atoms with Crippen molar-refractivity contribution in [1.29, 1.82) is 0 Å². The van der Waals surface area contributed by atoms with Crippen LogP contribution >= 0.6 is 15.9 Å². The van der Waals surface area contributed by atoms with Gasteiger partial charge in [0, 0.05) is 28.0 Å². The fraction of sp³-hybridized carbons (Fsp3) is 0.263. The molecule has 0 bridgehead atoms. The zero-order valence-electron chi connectivity index (χ0n) is 15.3. The van der Waals surface area contributed by atoms with Gasteiger partial charge in [0.2, 0.25) is 5.91 Å². The Balaban J connectivity index is 1.78. The molecule has 0 radical (unpaired) electrons. The van der Waals surface area contributed by atoms with E-state index in [0.717, 1.165) is 32.7 Å². The van der Waals surface area contributed by atoms with Crippen molar-refractivity contribution in [3.8, 4) is 0 Å². The quantitative estimate of drug-likeness (QED) is 0.650. The van der Waals surface area contributed by atoms with Crippen LogP contribution < -0.4 is 11.1 Å². The number of anilines is 1. The molecule has 2 aromatic heterocycles. The topological polar surface area (TPSA) is 102 Å². The van der Waals surface area contributed by atoms with Gasteiger partial charge >= 0.3 is 0 Å². The summed E-state index contributed by atoms with van der Waals surface area (Å²) < 4.78 is 2.57. The molecule has 7 nitrogen and oxygen atoms in total. The van der Waals surface area contributed by atoms with Crippen molar-refractivity contribution < 1.29 is 9.59 Å². The molecule has 3 aromatic rings. The summed E-state index contributed by atoms with van der Waals surface area (Å²) in [5, 5.41) is 7.14. The van der Waals surface area contributed by atoms with Crippen molar-refractivity contribution in [3.63, 3.8) is 0 Å². The van der Waals surface area contributed by atoms with Crippen LogP contribution in [0.3, 0.4) is 0 Å². The normalized spacial score (nSPS) is 11.0. The Bertz CT molecular complexity index is 1060. The minimum absolute atomic E-state index is 0.0717. The predicted molar refractivity (Wildman–Crippen MR) is 107 cm³/mol. The minimum atomic E-state index is -0.562. The molecule has 3 rings (SSSR count). The average molecular weight is 430 g/mol. The Morgan fingerprint density at radius 3 is 2.67 bits per heavy atom. The standard InChI is InChI=1S/C19H20BrN5O2/c1-10-8-13(20)4-6-16(10)24-17(26)7-5-14-11(2)23-19-15(18(21)27)9-22-25(19)12(14)3/h4,6,8-9H,5,7H2,1-3H3,(H2,21,27)(H,24,26). The molecule has 140 valence electrons. The molecular weight excluding hydrogens is 410 g/mol. The van der Waals surface area contributed by atoms with Crippen LogP contribution in [0.15, 0.2) is 28.9 Å². The van der Waals surface area contributed by atoms with Gasteiger partial charge in [-0.1, -0.05) is 15.9 Å². The summed E-state index contributed by atoms with van der Waals surface area (Å²) in [4.78, 5) is 28.3. The van der Waals surface area contributed by atoms with E-state index in [9.17, 15) is 9.59 Å². The molecule has 0 saturated heterocycles. The number of carbonyl (C=O) groups excluding carboxylic acids is 2. The molecule has 2 heterocycles. The molecule has 0 unspecified atom stereocenters.